The van der Waals surface area contributed by atoms with Gasteiger partial charge in [0, 0.05) is 6.07 Å². The summed E-state index contributed by atoms with van der Waals surface area (Å²) < 4.78 is 1.22. The van der Waals surface area contributed by atoms with E-state index in [1.54, 1.807) is 6.07 Å². The predicted octanol–water partition coefficient (Wildman–Crippen LogP) is 4.66. The van der Waals surface area contributed by atoms with Crippen molar-refractivity contribution in [3.63, 3.8) is 0 Å². The third-order valence-electron chi connectivity index (χ3n) is 5.09. The Hall–Kier alpha value is -4.02. The fourth-order valence-corrected chi connectivity index (χ4v) is 3.87. The van der Waals surface area contributed by atoms with Gasteiger partial charge < -0.3 is 0 Å². The molecule has 0 spiro atoms. The number of para-hydroxylation sites is 1. The number of benzene rings is 3. The van der Waals surface area contributed by atoms with Crippen LogP contribution in [0.5, 0.6) is 0 Å². The van der Waals surface area contributed by atoms with Crippen molar-refractivity contribution in [2.24, 2.45) is 0 Å². The van der Waals surface area contributed by atoms with Crippen LogP contribution >= 0.6 is 11.6 Å². The number of nitro benzene ring substituents is 1. The van der Waals surface area contributed by atoms with Crippen molar-refractivity contribution in [3.05, 3.63) is 115 Å². The van der Waals surface area contributed by atoms with Crippen molar-refractivity contribution in [2.75, 3.05) is 0 Å². The molecule has 4 aromatic rings. The molecule has 31 heavy (non-hydrogen) atoms. The van der Waals surface area contributed by atoms with Crippen molar-refractivity contribution < 1.29 is 4.92 Å². The molecule has 1 aromatic heterocycles. The Morgan fingerprint density at radius 3 is 2.58 bits per heavy atom. The maximum absolute atomic E-state index is 13.3. The van der Waals surface area contributed by atoms with Crippen LogP contribution in [-0.4, -0.2) is 14.7 Å². The van der Waals surface area contributed by atoms with Gasteiger partial charge >= 0.3 is 0 Å². The first kappa shape index (κ1) is 20.3. The van der Waals surface area contributed by atoms with Crippen LogP contribution in [0.3, 0.4) is 0 Å². The topological polar surface area (TPSA) is 102 Å². The smallest absolute Gasteiger partial charge is 0.267 e. The van der Waals surface area contributed by atoms with Crippen LogP contribution in [0, 0.1) is 21.4 Å². The molecular formula is C23H15ClN4O3. The minimum absolute atomic E-state index is 0.0103. The molecule has 0 N–H and O–H groups in total. The van der Waals surface area contributed by atoms with Gasteiger partial charge in [-0.25, -0.2) is 4.68 Å². The van der Waals surface area contributed by atoms with Crippen molar-refractivity contribution in [1.82, 2.24) is 9.78 Å². The first-order valence-corrected chi connectivity index (χ1v) is 9.74. The lowest BCUT2D eigenvalue weighted by Crippen LogP contribution is -2.28. The molecule has 1 atom stereocenters. The van der Waals surface area contributed by atoms with Gasteiger partial charge in [0.05, 0.1) is 39.9 Å². The molecule has 8 heteroatoms. The molecule has 0 aliphatic carbocycles. The minimum Gasteiger partial charge on any atom is -0.267 e. The Labute approximate surface area is 181 Å². The quantitative estimate of drug-likeness (QED) is 0.338. The van der Waals surface area contributed by atoms with Crippen molar-refractivity contribution in [2.45, 2.75) is 12.5 Å². The van der Waals surface area contributed by atoms with Crippen LogP contribution < -0.4 is 5.56 Å². The summed E-state index contributed by atoms with van der Waals surface area (Å²) in [6.07, 6.45) is 1.29. The molecular weight excluding hydrogens is 416 g/mol. The number of rotatable bonds is 5. The molecule has 0 fully saturated rings. The Morgan fingerprint density at radius 2 is 1.81 bits per heavy atom. The second-order valence-electron chi connectivity index (χ2n) is 6.89. The fourth-order valence-electron chi connectivity index (χ4n) is 3.64. The number of nitro groups is 1. The van der Waals surface area contributed by atoms with Crippen LogP contribution in [0.25, 0.3) is 10.8 Å². The van der Waals surface area contributed by atoms with E-state index < -0.39 is 16.4 Å². The summed E-state index contributed by atoms with van der Waals surface area (Å²) in [5.41, 5.74) is 0.137. The van der Waals surface area contributed by atoms with E-state index in [0.29, 0.717) is 0 Å². The second-order valence-corrected chi connectivity index (χ2v) is 7.29. The van der Waals surface area contributed by atoms with Gasteiger partial charge in [0.25, 0.3) is 11.2 Å². The zero-order valence-corrected chi connectivity index (χ0v) is 16.9. The van der Waals surface area contributed by atoms with E-state index in [4.69, 9.17) is 11.6 Å². The van der Waals surface area contributed by atoms with Gasteiger partial charge in [-0.05, 0) is 16.3 Å². The molecule has 0 bridgehead atoms. The molecule has 0 radical (unpaired) electrons. The SMILES string of the molecule is N#CC(c1ccccc1[N+](=O)[O-])c1c(Cl)cnn(Cc2cccc3ccccc23)c1=O. The number of hydrogen-bond acceptors (Lipinski definition) is 5. The molecule has 1 unspecified atom stereocenters. The summed E-state index contributed by atoms with van der Waals surface area (Å²) in [6, 6.07) is 21.4. The molecule has 0 aliphatic rings. The highest BCUT2D eigenvalue weighted by atomic mass is 35.5. The predicted molar refractivity (Wildman–Crippen MR) is 117 cm³/mol. The molecule has 0 saturated heterocycles. The van der Waals surface area contributed by atoms with E-state index in [2.05, 4.69) is 5.10 Å². The largest absolute Gasteiger partial charge is 0.274 e. The number of hydrogen-bond donors (Lipinski definition) is 0. The number of nitrogens with zero attached hydrogens (tertiary/aromatic N) is 4. The van der Waals surface area contributed by atoms with Crippen LogP contribution in [0.1, 0.15) is 22.6 Å². The second kappa shape index (κ2) is 8.38. The van der Waals surface area contributed by atoms with Gasteiger partial charge in [-0.15, -0.1) is 0 Å². The summed E-state index contributed by atoms with van der Waals surface area (Å²) in [6.45, 7) is 0.166. The van der Waals surface area contributed by atoms with Gasteiger partial charge in [-0.1, -0.05) is 72.3 Å². The normalized spacial score (nSPS) is 11.7. The van der Waals surface area contributed by atoms with Gasteiger partial charge in [0.1, 0.15) is 5.92 Å². The maximum Gasteiger partial charge on any atom is 0.274 e. The average molecular weight is 431 g/mol. The van der Waals surface area contributed by atoms with E-state index in [0.717, 1.165) is 16.3 Å². The Kier molecular flexibility index (Phi) is 5.48. The molecule has 0 amide bonds. The van der Waals surface area contributed by atoms with Crippen LogP contribution in [0.15, 0.2) is 77.7 Å². The van der Waals surface area contributed by atoms with E-state index in [1.165, 1.54) is 29.1 Å². The monoisotopic (exact) mass is 430 g/mol. The molecule has 152 valence electrons. The number of fused-ring (bicyclic) bond motifs is 1. The van der Waals surface area contributed by atoms with Gasteiger partial charge in [-0.3, -0.25) is 14.9 Å². The molecule has 1 heterocycles. The highest BCUT2D eigenvalue weighted by molar-refractivity contribution is 6.31. The molecule has 7 nitrogen and oxygen atoms in total. The van der Waals surface area contributed by atoms with Crippen LogP contribution in [-0.2, 0) is 6.54 Å². The molecule has 3 aromatic carbocycles. The number of halogens is 1. The maximum atomic E-state index is 13.3. The molecule has 0 saturated carbocycles. The highest BCUT2D eigenvalue weighted by Crippen LogP contribution is 2.32. The fraction of sp³-hybridized carbons (Fsp3) is 0.0870. The summed E-state index contributed by atoms with van der Waals surface area (Å²) in [7, 11) is 0. The number of nitriles is 1. The summed E-state index contributed by atoms with van der Waals surface area (Å²) in [4.78, 5) is 24.1. The van der Waals surface area contributed by atoms with Crippen molar-refractivity contribution in [1.29, 1.82) is 5.26 Å². The van der Waals surface area contributed by atoms with Gasteiger partial charge in [0.2, 0.25) is 0 Å². The zero-order chi connectivity index (χ0) is 22.0. The average Bonchev–Trinajstić information content (AvgIpc) is 2.78. The number of aromatic nitrogens is 2. The van der Waals surface area contributed by atoms with E-state index in [-0.39, 0.29) is 28.4 Å². The zero-order valence-electron chi connectivity index (χ0n) is 16.1. The summed E-state index contributed by atoms with van der Waals surface area (Å²) >= 11 is 6.26. The van der Waals surface area contributed by atoms with Crippen molar-refractivity contribution in [3.8, 4) is 6.07 Å². The lowest BCUT2D eigenvalue weighted by molar-refractivity contribution is -0.385. The Balaban J connectivity index is 1.84. The van der Waals surface area contributed by atoms with E-state index in [9.17, 15) is 20.2 Å². The van der Waals surface area contributed by atoms with Gasteiger partial charge in [-0.2, -0.15) is 10.4 Å². The first-order chi connectivity index (χ1) is 15.0. The highest BCUT2D eigenvalue weighted by Gasteiger charge is 2.28. The van der Waals surface area contributed by atoms with Crippen LogP contribution in [0.4, 0.5) is 5.69 Å². The third kappa shape index (κ3) is 3.77. The van der Waals surface area contributed by atoms with E-state index >= 15 is 0 Å². The molecule has 0 aliphatic heterocycles. The lowest BCUT2D eigenvalue weighted by Gasteiger charge is -2.14. The minimum atomic E-state index is -1.21. The standard InChI is InChI=1S/C23H15ClN4O3/c24-20-13-26-27(14-16-8-5-7-15-6-1-2-9-17(15)16)23(29)22(20)19(12-25)18-10-3-4-11-21(18)28(30)31/h1-11,13,19H,14H2. The summed E-state index contributed by atoms with van der Waals surface area (Å²) in [5.74, 6) is -1.21. The van der Waals surface area contributed by atoms with Crippen molar-refractivity contribution >= 4 is 28.1 Å². The Bertz CT molecular complexity index is 1400. The third-order valence-corrected chi connectivity index (χ3v) is 5.40. The Morgan fingerprint density at radius 1 is 1.10 bits per heavy atom. The lowest BCUT2D eigenvalue weighted by atomic mass is 9.92. The molecule has 4 rings (SSSR count). The van der Waals surface area contributed by atoms with Crippen LogP contribution in [0.2, 0.25) is 5.02 Å². The van der Waals surface area contributed by atoms with Gasteiger partial charge in [0.15, 0.2) is 0 Å². The van der Waals surface area contributed by atoms with E-state index in [1.807, 2.05) is 48.5 Å². The first-order valence-electron chi connectivity index (χ1n) is 9.36. The summed E-state index contributed by atoms with van der Waals surface area (Å²) in [5, 5.41) is 27.4.